The molecule has 3 heterocycles. The summed E-state index contributed by atoms with van der Waals surface area (Å²) in [5, 5.41) is 6.23. The molecule has 0 radical (unpaired) electrons. The monoisotopic (exact) mass is 506 g/mol. The van der Waals surface area contributed by atoms with E-state index in [1.54, 1.807) is 44.6 Å². The molecule has 1 aromatic carbocycles. The number of hydrogen-bond donors (Lipinski definition) is 2. The number of aromatic nitrogens is 3. The molecule has 1 fully saturated rings. The lowest BCUT2D eigenvalue weighted by molar-refractivity contribution is 0.0938. The van der Waals surface area contributed by atoms with Crippen molar-refractivity contribution in [1.82, 2.24) is 24.8 Å². The molecular formula is C27H34N6O4. The van der Waals surface area contributed by atoms with Gasteiger partial charge in [-0.1, -0.05) is 12.2 Å². The number of anilines is 2. The molecule has 10 nitrogen and oxygen atoms in total. The number of allylic oxidation sites excluding steroid dienone is 1. The van der Waals surface area contributed by atoms with Crippen LogP contribution in [0, 0.1) is 5.92 Å². The number of likely N-dealkylation sites (tertiary alicyclic amines) is 1. The van der Waals surface area contributed by atoms with E-state index in [-0.39, 0.29) is 17.2 Å². The van der Waals surface area contributed by atoms with E-state index in [1.165, 1.54) is 11.7 Å². The van der Waals surface area contributed by atoms with Gasteiger partial charge in [-0.25, -0.2) is 9.97 Å². The summed E-state index contributed by atoms with van der Waals surface area (Å²) < 4.78 is 12.4. The number of ether oxygens (including phenoxy) is 2. The minimum absolute atomic E-state index is 0.130. The van der Waals surface area contributed by atoms with Gasteiger partial charge in [-0.3, -0.25) is 9.59 Å². The number of carbonyl (C=O) groups excluding carboxylic acids is 1. The van der Waals surface area contributed by atoms with Crippen LogP contribution in [0.1, 0.15) is 35.7 Å². The first kappa shape index (κ1) is 26.2. The van der Waals surface area contributed by atoms with Crippen LogP contribution >= 0.6 is 0 Å². The molecule has 0 spiro atoms. The van der Waals surface area contributed by atoms with Gasteiger partial charge < -0.3 is 29.6 Å². The minimum atomic E-state index is -0.265. The smallest absolute Gasteiger partial charge is 0.293 e. The second-order valence-electron chi connectivity index (χ2n) is 9.24. The van der Waals surface area contributed by atoms with Gasteiger partial charge in [-0.05, 0) is 64.0 Å². The van der Waals surface area contributed by atoms with Crippen molar-refractivity contribution >= 4 is 34.7 Å². The third-order valence-electron chi connectivity index (χ3n) is 6.77. The summed E-state index contributed by atoms with van der Waals surface area (Å²) in [6.45, 7) is 4.65. The molecule has 0 unspecified atom stereocenters. The van der Waals surface area contributed by atoms with Crippen LogP contribution in [0.5, 0.6) is 11.5 Å². The van der Waals surface area contributed by atoms with Crippen LogP contribution in [0.3, 0.4) is 0 Å². The predicted molar refractivity (Wildman–Crippen MR) is 145 cm³/mol. The molecule has 0 atom stereocenters. The Labute approximate surface area is 216 Å². The van der Waals surface area contributed by atoms with Gasteiger partial charge in [-0.2, -0.15) is 0 Å². The molecule has 1 aliphatic rings. The van der Waals surface area contributed by atoms with Gasteiger partial charge in [0.1, 0.15) is 11.3 Å². The number of hydrogen-bond acceptors (Lipinski definition) is 8. The van der Waals surface area contributed by atoms with Gasteiger partial charge in [0.05, 0.1) is 37.2 Å². The molecule has 3 aromatic rings. The molecule has 1 aliphatic heterocycles. The maximum absolute atomic E-state index is 12.8. The van der Waals surface area contributed by atoms with Gasteiger partial charge in [-0.15, -0.1) is 0 Å². The number of nitrogens with one attached hydrogen (secondary N) is 2. The number of nitrogens with zero attached hydrogens (tertiary/aromatic N) is 4. The number of benzene rings is 1. The summed E-state index contributed by atoms with van der Waals surface area (Å²) in [6.07, 6.45) is 7.38. The van der Waals surface area contributed by atoms with Gasteiger partial charge in [0, 0.05) is 19.2 Å². The largest absolute Gasteiger partial charge is 0.495 e. The molecule has 0 saturated carbocycles. The van der Waals surface area contributed by atoms with E-state index in [2.05, 4.69) is 32.5 Å². The van der Waals surface area contributed by atoms with Crippen molar-refractivity contribution in [2.24, 2.45) is 13.0 Å². The number of rotatable bonds is 8. The SMILES string of the molecule is CC=Cc1c(OC)c(=O)n(C)c2cnc(Nc3ccc(C(=O)NCC4CCN(C)CC4)cc3OC)nc12. The molecule has 37 heavy (non-hydrogen) atoms. The highest BCUT2D eigenvalue weighted by Crippen LogP contribution is 2.30. The molecular weight excluding hydrogens is 472 g/mol. The number of piperidine rings is 1. The normalized spacial score (nSPS) is 14.7. The summed E-state index contributed by atoms with van der Waals surface area (Å²) in [6, 6.07) is 5.21. The van der Waals surface area contributed by atoms with Crippen molar-refractivity contribution in [2.75, 3.05) is 46.2 Å². The van der Waals surface area contributed by atoms with Gasteiger partial charge >= 0.3 is 0 Å². The summed E-state index contributed by atoms with van der Waals surface area (Å²) in [5.74, 6) is 1.39. The first-order valence-electron chi connectivity index (χ1n) is 12.3. The predicted octanol–water partition coefficient (Wildman–Crippen LogP) is 3.19. The number of amides is 1. The Morgan fingerprint density at radius 3 is 2.62 bits per heavy atom. The number of methoxy groups -OCH3 is 2. The van der Waals surface area contributed by atoms with E-state index in [9.17, 15) is 9.59 Å². The Bertz CT molecular complexity index is 1380. The van der Waals surface area contributed by atoms with Gasteiger partial charge in [0.25, 0.3) is 11.5 Å². The zero-order valence-electron chi connectivity index (χ0n) is 22.0. The first-order chi connectivity index (χ1) is 17.9. The van der Waals surface area contributed by atoms with Gasteiger partial charge in [0.15, 0.2) is 5.75 Å². The van der Waals surface area contributed by atoms with Crippen molar-refractivity contribution in [3.8, 4) is 11.5 Å². The molecule has 2 aromatic heterocycles. The van der Waals surface area contributed by atoms with Crippen molar-refractivity contribution in [1.29, 1.82) is 0 Å². The van der Waals surface area contributed by atoms with E-state index in [1.807, 2.05) is 13.0 Å². The second kappa shape index (κ2) is 11.4. The fraction of sp³-hybridized carbons (Fsp3) is 0.407. The summed E-state index contributed by atoms with van der Waals surface area (Å²) >= 11 is 0. The standard InChI is InChI=1S/C27H34N6O4/c1-6-7-19-23-21(33(3)26(35)24(19)37-5)16-29-27(31-23)30-20-9-8-18(14-22(20)36-4)25(34)28-15-17-10-12-32(2)13-11-17/h6-9,14,16-17H,10-13,15H2,1-5H3,(H,28,34)(H,29,30,31). The molecule has 196 valence electrons. The molecule has 4 rings (SSSR count). The summed E-state index contributed by atoms with van der Waals surface area (Å²) in [5.41, 5.74) is 2.59. The van der Waals surface area contributed by atoms with Crippen LogP contribution in [0.2, 0.25) is 0 Å². The third-order valence-corrected chi connectivity index (χ3v) is 6.77. The number of aryl methyl sites for hydroxylation is 1. The summed E-state index contributed by atoms with van der Waals surface area (Å²) in [7, 11) is 6.79. The Hall–Kier alpha value is -3.92. The maximum Gasteiger partial charge on any atom is 0.293 e. The van der Waals surface area contributed by atoms with Gasteiger partial charge in [0.2, 0.25) is 5.95 Å². The number of pyridine rings is 1. The minimum Gasteiger partial charge on any atom is -0.495 e. The third kappa shape index (κ3) is 5.59. The molecule has 10 heteroatoms. The molecule has 0 bridgehead atoms. The van der Waals surface area contributed by atoms with Crippen molar-refractivity contribution in [2.45, 2.75) is 19.8 Å². The van der Waals surface area contributed by atoms with Crippen molar-refractivity contribution < 1.29 is 14.3 Å². The Balaban J connectivity index is 1.57. The van der Waals surface area contributed by atoms with Crippen LogP contribution < -0.4 is 25.7 Å². The maximum atomic E-state index is 12.8. The van der Waals surface area contributed by atoms with Crippen LogP contribution in [-0.4, -0.2) is 66.2 Å². The van der Waals surface area contributed by atoms with Crippen LogP contribution in [0.25, 0.3) is 17.1 Å². The zero-order valence-corrected chi connectivity index (χ0v) is 22.0. The van der Waals surface area contributed by atoms with E-state index < -0.39 is 0 Å². The Morgan fingerprint density at radius 2 is 1.95 bits per heavy atom. The van der Waals surface area contributed by atoms with E-state index in [0.717, 1.165) is 25.9 Å². The van der Waals surface area contributed by atoms with Crippen LogP contribution in [0.4, 0.5) is 11.6 Å². The van der Waals surface area contributed by atoms with E-state index >= 15 is 0 Å². The topological polar surface area (TPSA) is 111 Å². The van der Waals surface area contributed by atoms with Crippen molar-refractivity contribution in [3.05, 3.63) is 52.0 Å². The average Bonchev–Trinajstić information content (AvgIpc) is 2.91. The van der Waals surface area contributed by atoms with Crippen LogP contribution in [0.15, 0.2) is 35.3 Å². The fourth-order valence-electron chi connectivity index (χ4n) is 4.54. The molecule has 1 amide bonds. The van der Waals surface area contributed by atoms with Crippen molar-refractivity contribution in [3.63, 3.8) is 0 Å². The van der Waals surface area contributed by atoms with Crippen LogP contribution in [-0.2, 0) is 7.05 Å². The second-order valence-corrected chi connectivity index (χ2v) is 9.24. The zero-order chi connectivity index (χ0) is 26.5. The number of carbonyl (C=O) groups is 1. The lowest BCUT2D eigenvalue weighted by atomic mass is 9.97. The Kier molecular flexibility index (Phi) is 8.08. The molecule has 0 aliphatic carbocycles. The molecule has 1 saturated heterocycles. The average molecular weight is 507 g/mol. The lowest BCUT2D eigenvalue weighted by Gasteiger charge is -2.28. The van der Waals surface area contributed by atoms with E-state index in [0.29, 0.717) is 52.0 Å². The Morgan fingerprint density at radius 1 is 1.19 bits per heavy atom. The quantitative estimate of drug-likeness (QED) is 0.479. The van der Waals surface area contributed by atoms with E-state index in [4.69, 9.17) is 9.47 Å². The lowest BCUT2D eigenvalue weighted by Crippen LogP contribution is -2.36. The first-order valence-corrected chi connectivity index (χ1v) is 12.3. The highest BCUT2D eigenvalue weighted by atomic mass is 16.5. The highest BCUT2D eigenvalue weighted by molar-refractivity contribution is 5.95. The highest BCUT2D eigenvalue weighted by Gasteiger charge is 2.19. The number of fused-ring (bicyclic) bond motifs is 1. The fourth-order valence-corrected chi connectivity index (χ4v) is 4.54. The molecule has 2 N–H and O–H groups in total. The summed E-state index contributed by atoms with van der Waals surface area (Å²) in [4.78, 5) is 36.8.